The zero-order valence-corrected chi connectivity index (χ0v) is 10.7. The summed E-state index contributed by atoms with van der Waals surface area (Å²) in [6, 6.07) is 0.482. The van der Waals surface area contributed by atoms with E-state index in [0.29, 0.717) is 6.04 Å². The molecule has 2 rings (SSSR count). The molecule has 2 unspecified atom stereocenters. The predicted molar refractivity (Wildman–Crippen MR) is 68.5 cm³/mol. The van der Waals surface area contributed by atoms with E-state index in [4.69, 9.17) is 5.73 Å². The Balaban J connectivity index is 1.69. The third-order valence-corrected chi connectivity index (χ3v) is 4.25. The van der Waals surface area contributed by atoms with E-state index in [-0.39, 0.29) is 0 Å². The van der Waals surface area contributed by atoms with E-state index in [1.807, 2.05) is 0 Å². The average molecular weight is 225 g/mol. The Kier molecular flexibility index (Phi) is 4.62. The summed E-state index contributed by atoms with van der Waals surface area (Å²) >= 11 is 0. The molecule has 16 heavy (non-hydrogen) atoms. The second-order valence-electron chi connectivity index (χ2n) is 5.53. The molecule has 0 amide bonds. The quantitative estimate of drug-likeness (QED) is 0.782. The first kappa shape index (κ1) is 12.3. The van der Waals surface area contributed by atoms with Crippen LogP contribution in [0.1, 0.15) is 32.6 Å². The maximum Gasteiger partial charge on any atom is 0.0110 e. The predicted octanol–water partition coefficient (Wildman–Crippen LogP) is 1.14. The molecule has 0 aromatic carbocycles. The maximum atomic E-state index is 6.05. The van der Waals surface area contributed by atoms with Crippen molar-refractivity contribution < 1.29 is 0 Å². The fourth-order valence-electron chi connectivity index (χ4n) is 3.15. The van der Waals surface area contributed by atoms with Gasteiger partial charge in [0.15, 0.2) is 0 Å². The maximum absolute atomic E-state index is 6.05. The van der Waals surface area contributed by atoms with Crippen LogP contribution in [0.3, 0.4) is 0 Å². The normalized spacial score (nSPS) is 34.1. The van der Waals surface area contributed by atoms with E-state index in [1.165, 1.54) is 65.0 Å². The number of rotatable bonds is 3. The zero-order chi connectivity index (χ0) is 11.4. The van der Waals surface area contributed by atoms with Crippen LogP contribution in [0.2, 0.25) is 0 Å². The van der Waals surface area contributed by atoms with Gasteiger partial charge in [-0.1, -0.05) is 13.3 Å². The third-order valence-electron chi connectivity index (χ3n) is 4.25. The van der Waals surface area contributed by atoms with Crippen LogP contribution in [0.5, 0.6) is 0 Å². The van der Waals surface area contributed by atoms with Crippen LogP contribution in [0.25, 0.3) is 0 Å². The third kappa shape index (κ3) is 3.44. The summed E-state index contributed by atoms with van der Waals surface area (Å²) in [7, 11) is 0. The highest BCUT2D eigenvalue weighted by atomic mass is 15.3. The second kappa shape index (κ2) is 5.99. The largest absolute Gasteiger partial charge is 0.328 e. The molecule has 3 heteroatoms. The van der Waals surface area contributed by atoms with Crippen molar-refractivity contribution >= 4 is 0 Å². The molecule has 2 fully saturated rings. The highest BCUT2D eigenvalue weighted by Crippen LogP contribution is 2.24. The minimum atomic E-state index is 0.482. The Morgan fingerprint density at radius 3 is 2.38 bits per heavy atom. The molecule has 94 valence electrons. The Bertz CT molecular complexity index is 199. The van der Waals surface area contributed by atoms with Crippen molar-refractivity contribution in [2.45, 2.75) is 38.6 Å². The Labute approximate surface area is 100.0 Å². The van der Waals surface area contributed by atoms with Gasteiger partial charge in [0.2, 0.25) is 0 Å². The molecule has 0 spiro atoms. The van der Waals surface area contributed by atoms with Crippen molar-refractivity contribution in [3.63, 3.8) is 0 Å². The SMILES string of the molecule is CCN1CCN(CC2CCCC(N)C2)CC1. The molecular weight excluding hydrogens is 198 g/mol. The van der Waals surface area contributed by atoms with Crippen molar-refractivity contribution in [1.82, 2.24) is 9.80 Å². The molecule has 0 bridgehead atoms. The van der Waals surface area contributed by atoms with Gasteiger partial charge in [-0.15, -0.1) is 0 Å². The van der Waals surface area contributed by atoms with E-state index < -0.39 is 0 Å². The summed E-state index contributed by atoms with van der Waals surface area (Å²) in [4.78, 5) is 5.19. The summed E-state index contributed by atoms with van der Waals surface area (Å²) in [6.45, 7) is 9.81. The van der Waals surface area contributed by atoms with Gasteiger partial charge >= 0.3 is 0 Å². The number of nitrogens with two attached hydrogens (primary N) is 1. The topological polar surface area (TPSA) is 32.5 Å². The number of piperazine rings is 1. The molecule has 0 aromatic rings. The molecule has 2 N–H and O–H groups in total. The highest BCUT2D eigenvalue weighted by molar-refractivity contribution is 4.79. The summed E-state index contributed by atoms with van der Waals surface area (Å²) in [5.74, 6) is 0.872. The van der Waals surface area contributed by atoms with Gasteiger partial charge in [-0.2, -0.15) is 0 Å². The first-order chi connectivity index (χ1) is 7.78. The number of hydrogen-bond donors (Lipinski definition) is 1. The molecular formula is C13H27N3. The Hall–Kier alpha value is -0.120. The van der Waals surface area contributed by atoms with Crippen molar-refractivity contribution in [2.24, 2.45) is 11.7 Å². The minimum absolute atomic E-state index is 0.482. The second-order valence-corrected chi connectivity index (χ2v) is 5.53. The van der Waals surface area contributed by atoms with Crippen LogP contribution in [0.15, 0.2) is 0 Å². The molecule has 2 atom stereocenters. The number of likely N-dealkylation sites (N-methyl/N-ethyl adjacent to an activating group) is 1. The smallest absolute Gasteiger partial charge is 0.0110 e. The van der Waals surface area contributed by atoms with Gasteiger partial charge in [-0.05, 0) is 31.7 Å². The zero-order valence-electron chi connectivity index (χ0n) is 10.7. The van der Waals surface area contributed by atoms with Gasteiger partial charge in [-0.25, -0.2) is 0 Å². The fourth-order valence-corrected chi connectivity index (χ4v) is 3.15. The summed E-state index contributed by atoms with van der Waals surface area (Å²) in [5.41, 5.74) is 6.05. The molecule has 0 radical (unpaired) electrons. The molecule has 2 aliphatic rings. The van der Waals surface area contributed by atoms with Crippen molar-refractivity contribution in [3.05, 3.63) is 0 Å². The molecule has 1 heterocycles. The van der Waals surface area contributed by atoms with E-state index in [9.17, 15) is 0 Å². The summed E-state index contributed by atoms with van der Waals surface area (Å²) < 4.78 is 0. The van der Waals surface area contributed by atoms with Gasteiger partial charge in [-0.3, -0.25) is 0 Å². The summed E-state index contributed by atoms with van der Waals surface area (Å²) in [5, 5.41) is 0. The van der Waals surface area contributed by atoms with Gasteiger partial charge in [0.05, 0.1) is 0 Å². The van der Waals surface area contributed by atoms with Crippen LogP contribution in [-0.4, -0.2) is 55.1 Å². The van der Waals surface area contributed by atoms with Crippen molar-refractivity contribution in [2.75, 3.05) is 39.3 Å². The van der Waals surface area contributed by atoms with E-state index in [2.05, 4.69) is 16.7 Å². The summed E-state index contributed by atoms with van der Waals surface area (Å²) in [6.07, 6.45) is 5.26. The van der Waals surface area contributed by atoms with Crippen LogP contribution in [0, 0.1) is 5.92 Å². The first-order valence-electron chi connectivity index (χ1n) is 6.98. The Morgan fingerprint density at radius 1 is 1.06 bits per heavy atom. The van der Waals surface area contributed by atoms with Crippen molar-refractivity contribution in [3.8, 4) is 0 Å². The van der Waals surface area contributed by atoms with Gasteiger partial charge in [0.25, 0.3) is 0 Å². The standard InChI is InChI=1S/C13H27N3/c1-2-15-6-8-16(9-7-15)11-12-4-3-5-13(14)10-12/h12-13H,2-11,14H2,1H3. The van der Waals surface area contributed by atoms with Gasteiger partial charge in [0.1, 0.15) is 0 Å². The number of hydrogen-bond acceptors (Lipinski definition) is 3. The van der Waals surface area contributed by atoms with E-state index in [0.717, 1.165) is 5.92 Å². The fraction of sp³-hybridized carbons (Fsp3) is 1.00. The van der Waals surface area contributed by atoms with Crippen LogP contribution >= 0.6 is 0 Å². The lowest BCUT2D eigenvalue weighted by Gasteiger charge is -2.37. The molecule has 1 saturated carbocycles. The highest BCUT2D eigenvalue weighted by Gasteiger charge is 2.23. The van der Waals surface area contributed by atoms with Crippen molar-refractivity contribution in [1.29, 1.82) is 0 Å². The molecule has 1 aliphatic heterocycles. The van der Waals surface area contributed by atoms with E-state index in [1.54, 1.807) is 0 Å². The van der Waals surface area contributed by atoms with Gasteiger partial charge in [0, 0.05) is 38.8 Å². The van der Waals surface area contributed by atoms with Crippen LogP contribution < -0.4 is 5.73 Å². The molecule has 0 aromatic heterocycles. The monoisotopic (exact) mass is 225 g/mol. The lowest BCUT2D eigenvalue weighted by molar-refractivity contribution is 0.111. The average Bonchev–Trinajstić information content (AvgIpc) is 2.30. The van der Waals surface area contributed by atoms with Crippen LogP contribution in [0.4, 0.5) is 0 Å². The lowest BCUT2D eigenvalue weighted by atomic mass is 9.86. The minimum Gasteiger partial charge on any atom is -0.328 e. The number of nitrogens with zero attached hydrogens (tertiary/aromatic N) is 2. The van der Waals surface area contributed by atoms with Gasteiger partial charge < -0.3 is 15.5 Å². The van der Waals surface area contributed by atoms with E-state index >= 15 is 0 Å². The lowest BCUT2D eigenvalue weighted by Crippen LogP contribution is -2.48. The molecule has 1 aliphatic carbocycles. The van der Waals surface area contributed by atoms with Crippen LogP contribution in [-0.2, 0) is 0 Å². The molecule has 1 saturated heterocycles. The molecule has 3 nitrogen and oxygen atoms in total. The Morgan fingerprint density at radius 2 is 1.75 bits per heavy atom. The first-order valence-corrected chi connectivity index (χ1v) is 6.98.